The summed E-state index contributed by atoms with van der Waals surface area (Å²) < 4.78 is 0. The van der Waals surface area contributed by atoms with Gasteiger partial charge in [0.1, 0.15) is 0 Å². The maximum absolute atomic E-state index is 4.16. The molecule has 0 aliphatic heterocycles. The summed E-state index contributed by atoms with van der Waals surface area (Å²) in [6.45, 7) is 2.01. The molecule has 0 atom stereocenters. The fourth-order valence-corrected chi connectivity index (χ4v) is 1.34. The summed E-state index contributed by atoms with van der Waals surface area (Å²) in [5, 5.41) is 8.31. The molecule has 0 saturated carbocycles. The second-order valence-electron chi connectivity index (χ2n) is 3.42. The summed E-state index contributed by atoms with van der Waals surface area (Å²) in [7, 11) is 0. The van der Waals surface area contributed by atoms with Gasteiger partial charge < -0.3 is 0 Å². The van der Waals surface area contributed by atoms with Crippen LogP contribution in [0.3, 0.4) is 0 Å². The van der Waals surface area contributed by atoms with Crippen LogP contribution in [-0.4, -0.2) is 0 Å². The molecule has 0 bridgehead atoms. The molecule has 79 valence electrons. The van der Waals surface area contributed by atoms with E-state index in [-0.39, 0.29) is 0 Å². The lowest BCUT2D eigenvalue weighted by atomic mass is 10.2. The van der Waals surface area contributed by atoms with Crippen LogP contribution < -0.4 is 0 Å². The second kappa shape index (κ2) is 5.21. The quantitative estimate of drug-likeness (QED) is 0.656. The van der Waals surface area contributed by atoms with E-state index in [9.17, 15) is 0 Å². The normalized spacial score (nSPS) is 10.8. The van der Waals surface area contributed by atoms with E-state index in [0.717, 1.165) is 11.4 Å². The molecule has 0 fully saturated rings. The highest BCUT2D eigenvalue weighted by Gasteiger charge is 1.91. The molecular weight excluding hydrogens is 196 g/mol. The van der Waals surface area contributed by atoms with Gasteiger partial charge in [0.15, 0.2) is 0 Å². The van der Waals surface area contributed by atoms with Crippen LogP contribution in [-0.2, 0) is 0 Å². The highest BCUT2D eigenvalue weighted by molar-refractivity contribution is 5.42. The molecule has 0 aromatic heterocycles. The average molecular weight is 209 g/mol. The van der Waals surface area contributed by atoms with Crippen molar-refractivity contribution >= 4 is 11.4 Å². The molecule has 0 heterocycles. The van der Waals surface area contributed by atoms with Gasteiger partial charge in [-0.25, -0.2) is 0 Å². The first-order valence-electron chi connectivity index (χ1n) is 5.25. The van der Waals surface area contributed by atoms with Gasteiger partial charge >= 0.3 is 0 Å². The van der Waals surface area contributed by atoms with Gasteiger partial charge in [-0.15, -0.1) is 0 Å². The van der Waals surface area contributed by atoms with Crippen molar-refractivity contribution in [2.75, 3.05) is 0 Å². The number of hydrogen-bond donors (Lipinski definition) is 0. The fraction of sp³-hybridized carbons (Fsp3) is 0.0714. The monoisotopic (exact) mass is 209 g/mol. The second-order valence-corrected chi connectivity index (χ2v) is 3.42. The number of benzene rings is 2. The Kier molecular flexibility index (Phi) is 3.44. The molecule has 2 nitrogen and oxygen atoms in total. The molecule has 0 saturated heterocycles. The van der Waals surface area contributed by atoms with E-state index in [1.807, 2.05) is 61.5 Å². The van der Waals surface area contributed by atoms with Crippen LogP contribution >= 0.6 is 0 Å². The minimum Gasteiger partial charge on any atom is -0.151 e. The maximum Gasteiger partial charge on any atom is 0.0857 e. The van der Waals surface area contributed by atoms with Crippen LogP contribution in [0.25, 0.3) is 0 Å². The first kappa shape index (κ1) is 10.6. The lowest BCUT2D eigenvalue weighted by Gasteiger charge is -1.96. The predicted molar refractivity (Wildman–Crippen MR) is 66.1 cm³/mol. The van der Waals surface area contributed by atoms with Crippen LogP contribution in [0.4, 0.5) is 11.4 Å². The lowest BCUT2D eigenvalue weighted by Crippen LogP contribution is -1.73. The Morgan fingerprint density at radius 2 is 1.31 bits per heavy atom. The minimum absolute atomic E-state index is 0.869. The maximum atomic E-state index is 4.16. The molecule has 0 aliphatic rings. The number of azo groups is 1. The molecule has 2 heteroatoms. The van der Waals surface area contributed by atoms with E-state index in [2.05, 4.69) is 16.6 Å². The number of hydrogen-bond acceptors (Lipinski definition) is 2. The summed E-state index contributed by atoms with van der Waals surface area (Å²) in [5.41, 5.74) is 2.93. The van der Waals surface area contributed by atoms with E-state index in [1.165, 1.54) is 5.56 Å². The van der Waals surface area contributed by atoms with Crippen LogP contribution in [0.2, 0.25) is 0 Å². The van der Waals surface area contributed by atoms with Crippen molar-refractivity contribution in [2.24, 2.45) is 10.2 Å². The standard InChI is InChI=1S/C14H13N2/c1-2-12-8-10-14(11-9-12)16-15-13-6-4-3-5-7-13/h2-11H,1H3/b16-15+. The fourth-order valence-electron chi connectivity index (χ4n) is 1.34. The Labute approximate surface area is 95.7 Å². The van der Waals surface area contributed by atoms with Crippen molar-refractivity contribution in [3.63, 3.8) is 0 Å². The van der Waals surface area contributed by atoms with Gasteiger partial charge in [0.05, 0.1) is 11.4 Å². The molecule has 0 aliphatic carbocycles. The number of rotatable bonds is 3. The summed E-state index contributed by atoms with van der Waals surface area (Å²) in [6, 6.07) is 17.7. The summed E-state index contributed by atoms with van der Waals surface area (Å²) in [5.74, 6) is 0. The molecule has 2 rings (SSSR count). The summed E-state index contributed by atoms with van der Waals surface area (Å²) >= 11 is 0. The van der Waals surface area contributed by atoms with Crippen molar-refractivity contribution < 1.29 is 0 Å². The smallest absolute Gasteiger partial charge is 0.0857 e. The molecule has 16 heavy (non-hydrogen) atoms. The molecule has 2 aromatic rings. The zero-order chi connectivity index (χ0) is 11.2. The van der Waals surface area contributed by atoms with Crippen molar-refractivity contribution in [2.45, 2.75) is 6.92 Å². The summed E-state index contributed by atoms with van der Waals surface area (Å²) in [6.07, 6.45) is 2.05. The molecule has 0 spiro atoms. The van der Waals surface area contributed by atoms with Gasteiger partial charge in [-0.05, 0) is 36.2 Å². The minimum atomic E-state index is 0.869. The van der Waals surface area contributed by atoms with Crippen molar-refractivity contribution in [1.82, 2.24) is 0 Å². The van der Waals surface area contributed by atoms with Gasteiger partial charge in [-0.1, -0.05) is 37.3 Å². The van der Waals surface area contributed by atoms with Crippen LogP contribution in [0.5, 0.6) is 0 Å². The summed E-state index contributed by atoms with van der Waals surface area (Å²) in [4.78, 5) is 0. The van der Waals surface area contributed by atoms with Crippen molar-refractivity contribution in [3.8, 4) is 0 Å². The third kappa shape index (κ3) is 2.76. The molecule has 0 N–H and O–H groups in total. The van der Waals surface area contributed by atoms with Gasteiger partial charge in [0.2, 0.25) is 0 Å². The largest absolute Gasteiger partial charge is 0.151 e. The van der Waals surface area contributed by atoms with Gasteiger partial charge in [-0.2, -0.15) is 10.2 Å². The first-order valence-corrected chi connectivity index (χ1v) is 5.25. The van der Waals surface area contributed by atoms with Crippen LogP contribution in [0, 0.1) is 6.42 Å². The first-order chi connectivity index (χ1) is 7.88. The Morgan fingerprint density at radius 1 is 0.750 bits per heavy atom. The SMILES string of the molecule is C[CH]c1ccc(/N=N/c2ccccc2)cc1. The third-order valence-electron chi connectivity index (χ3n) is 2.26. The lowest BCUT2D eigenvalue weighted by molar-refractivity contribution is 1.23. The van der Waals surface area contributed by atoms with E-state index < -0.39 is 0 Å². The van der Waals surface area contributed by atoms with Crippen LogP contribution in [0.1, 0.15) is 12.5 Å². The van der Waals surface area contributed by atoms with E-state index in [1.54, 1.807) is 0 Å². The third-order valence-corrected chi connectivity index (χ3v) is 2.26. The highest BCUT2D eigenvalue weighted by Crippen LogP contribution is 2.18. The topological polar surface area (TPSA) is 24.7 Å². The molecule has 2 aromatic carbocycles. The Balaban J connectivity index is 2.12. The zero-order valence-electron chi connectivity index (χ0n) is 9.17. The van der Waals surface area contributed by atoms with Crippen molar-refractivity contribution in [3.05, 3.63) is 66.6 Å². The predicted octanol–water partition coefficient (Wildman–Crippen LogP) is 4.67. The van der Waals surface area contributed by atoms with Gasteiger partial charge in [0, 0.05) is 0 Å². The van der Waals surface area contributed by atoms with Crippen LogP contribution in [0.15, 0.2) is 64.8 Å². The average Bonchev–Trinajstić information content (AvgIpc) is 2.38. The Morgan fingerprint density at radius 3 is 1.88 bits per heavy atom. The van der Waals surface area contributed by atoms with E-state index in [0.29, 0.717) is 0 Å². The van der Waals surface area contributed by atoms with Crippen molar-refractivity contribution in [1.29, 1.82) is 0 Å². The molecule has 1 radical (unpaired) electrons. The zero-order valence-corrected chi connectivity index (χ0v) is 9.17. The molecule has 0 amide bonds. The van der Waals surface area contributed by atoms with Gasteiger partial charge in [-0.3, -0.25) is 0 Å². The van der Waals surface area contributed by atoms with E-state index >= 15 is 0 Å². The number of nitrogens with zero attached hydrogens (tertiary/aromatic N) is 2. The van der Waals surface area contributed by atoms with Gasteiger partial charge in [0.25, 0.3) is 0 Å². The Hall–Kier alpha value is -1.96. The molecular formula is C14H13N2. The highest BCUT2D eigenvalue weighted by atomic mass is 15.1. The molecule has 0 unspecified atom stereocenters. The van der Waals surface area contributed by atoms with E-state index in [4.69, 9.17) is 0 Å². The Bertz CT molecular complexity index is 458.